The van der Waals surface area contributed by atoms with Crippen molar-refractivity contribution in [2.75, 3.05) is 5.75 Å². The van der Waals surface area contributed by atoms with Gasteiger partial charge in [0.1, 0.15) is 0 Å². The normalized spacial score (nSPS) is 13.1. The fraction of sp³-hybridized carbons (Fsp3) is 0.300. The Balaban J connectivity index is 2.47. The maximum atomic E-state index is 13.1. The molecule has 17 heavy (non-hydrogen) atoms. The van der Waals surface area contributed by atoms with E-state index in [9.17, 15) is 17.6 Å². The zero-order valence-corrected chi connectivity index (χ0v) is 9.69. The Morgan fingerprint density at radius 3 is 2.47 bits per heavy atom. The summed E-state index contributed by atoms with van der Waals surface area (Å²) in [5.74, 6) is -1.41. The first-order valence-electron chi connectivity index (χ1n) is 4.79. The van der Waals surface area contributed by atoms with Crippen LogP contribution in [0.2, 0.25) is 0 Å². The Hall–Kier alpha value is -1.47. The van der Waals surface area contributed by atoms with E-state index in [0.29, 0.717) is 0 Å². The molecule has 1 aromatic rings. The Labute approximate surface area is 98.4 Å². The van der Waals surface area contributed by atoms with Gasteiger partial charge in [0.05, 0.1) is 11.3 Å². The Kier molecular flexibility index (Phi) is 4.59. The zero-order chi connectivity index (χ0) is 12.9. The van der Waals surface area contributed by atoms with Gasteiger partial charge in [-0.1, -0.05) is 18.2 Å². The quantitative estimate of drug-likeness (QED) is 0.795. The van der Waals surface area contributed by atoms with Crippen molar-refractivity contribution in [1.82, 2.24) is 0 Å². The molecule has 7 heteroatoms. The van der Waals surface area contributed by atoms with E-state index in [2.05, 4.69) is 4.74 Å². The first-order valence-corrected chi connectivity index (χ1v) is 6.50. The van der Waals surface area contributed by atoms with Crippen LogP contribution in [0.3, 0.4) is 0 Å². The number of halogens is 1. The monoisotopic (exact) mass is 261 g/mol. The molecule has 0 amide bonds. The van der Waals surface area contributed by atoms with E-state index in [1.165, 1.54) is 12.1 Å². The molecule has 0 aliphatic heterocycles. The molecule has 2 N–H and O–H groups in total. The van der Waals surface area contributed by atoms with Gasteiger partial charge in [-0.05, 0) is 12.1 Å². The van der Waals surface area contributed by atoms with Crippen LogP contribution < -0.4 is 5.14 Å². The summed E-state index contributed by atoms with van der Waals surface area (Å²) in [6.07, 6.45) is -2.46. The number of esters is 1. The average Bonchev–Trinajstić information content (AvgIpc) is 2.27. The van der Waals surface area contributed by atoms with Gasteiger partial charge in [-0.15, -0.1) is 0 Å². The lowest BCUT2D eigenvalue weighted by atomic mass is 10.2. The van der Waals surface area contributed by atoms with E-state index in [1.807, 2.05) is 0 Å². The molecule has 0 bridgehead atoms. The van der Waals surface area contributed by atoms with Crippen molar-refractivity contribution in [3.05, 3.63) is 35.9 Å². The molecule has 1 unspecified atom stereocenters. The third-order valence-electron chi connectivity index (χ3n) is 1.87. The van der Waals surface area contributed by atoms with Gasteiger partial charge in [-0.3, -0.25) is 0 Å². The van der Waals surface area contributed by atoms with Crippen molar-refractivity contribution in [3.63, 3.8) is 0 Å². The molecule has 1 atom stereocenters. The van der Waals surface area contributed by atoms with Crippen molar-refractivity contribution < 1.29 is 22.3 Å². The number of nitrogens with two attached hydrogens (primary N) is 1. The molecule has 94 valence electrons. The summed E-state index contributed by atoms with van der Waals surface area (Å²) < 4.78 is 38.6. The molecule has 0 spiro atoms. The molecule has 0 heterocycles. The van der Waals surface area contributed by atoms with E-state index in [4.69, 9.17) is 5.14 Å². The fourth-order valence-corrected chi connectivity index (χ4v) is 1.59. The number of carbonyl (C=O) groups excluding carboxylic acids is 1. The van der Waals surface area contributed by atoms with Crippen molar-refractivity contribution in [2.24, 2.45) is 5.14 Å². The van der Waals surface area contributed by atoms with Gasteiger partial charge >= 0.3 is 5.97 Å². The molecule has 1 aromatic carbocycles. The summed E-state index contributed by atoms with van der Waals surface area (Å²) in [6, 6.07) is 7.84. The molecule has 0 saturated heterocycles. The molecular formula is C10H12FNO4S. The Bertz CT molecular complexity index is 474. The van der Waals surface area contributed by atoms with Crippen LogP contribution in [0, 0.1) is 0 Å². The second-order valence-corrected chi connectivity index (χ2v) is 5.07. The molecular weight excluding hydrogens is 249 g/mol. The van der Waals surface area contributed by atoms with Crippen molar-refractivity contribution in [2.45, 2.75) is 12.8 Å². The van der Waals surface area contributed by atoms with Gasteiger partial charge in [0.25, 0.3) is 0 Å². The number of sulfonamides is 1. The van der Waals surface area contributed by atoms with Gasteiger partial charge in [0.15, 0.2) is 0 Å². The highest BCUT2D eigenvalue weighted by Gasteiger charge is 2.16. The number of hydrogen-bond donors (Lipinski definition) is 1. The lowest BCUT2D eigenvalue weighted by Gasteiger charge is -2.09. The summed E-state index contributed by atoms with van der Waals surface area (Å²) in [7, 11) is -3.75. The Morgan fingerprint density at radius 1 is 1.35 bits per heavy atom. The van der Waals surface area contributed by atoms with Crippen LogP contribution in [0.25, 0.3) is 0 Å². The minimum Gasteiger partial charge on any atom is -0.427 e. The minimum absolute atomic E-state index is 0.200. The lowest BCUT2D eigenvalue weighted by Crippen LogP contribution is -2.22. The van der Waals surface area contributed by atoms with Crippen molar-refractivity contribution in [3.8, 4) is 0 Å². The van der Waals surface area contributed by atoms with Gasteiger partial charge in [-0.2, -0.15) is 0 Å². The number of benzene rings is 1. The maximum absolute atomic E-state index is 13.1. The molecule has 0 saturated carbocycles. The van der Waals surface area contributed by atoms with Gasteiger partial charge in [0.2, 0.25) is 16.4 Å². The third kappa shape index (κ3) is 5.41. The van der Waals surface area contributed by atoms with Gasteiger partial charge in [0, 0.05) is 6.42 Å². The van der Waals surface area contributed by atoms with E-state index in [-0.39, 0.29) is 5.56 Å². The summed E-state index contributed by atoms with van der Waals surface area (Å²) >= 11 is 0. The fourth-order valence-electron chi connectivity index (χ4n) is 1.07. The largest absolute Gasteiger partial charge is 0.427 e. The van der Waals surface area contributed by atoms with Crippen LogP contribution in [-0.2, 0) is 14.8 Å². The van der Waals surface area contributed by atoms with Crippen LogP contribution in [0.5, 0.6) is 0 Å². The highest BCUT2D eigenvalue weighted by molar-refractivity contribution is 7.89. The number of ether oxygens (including phenoxy) is 1. The first kappa shape index (κ1) is 13.6. The van der Waals surface area contributed by atoms with Crippen molar-refractivity contribution in [1.29, 1.82) is 0 Å². The predicted octanol–water partition coefficient (Wildman–Crippen LogP) is 0.818. The van der Waals surface area contributed by atoms with Gasteiger partial charge < -0.3 is 4.74 Å². The van der Waals surface area contributed by atoms with Crippen LogP contribution >= 0.6 is 0 Å². The molecule has 1 rings (SSSR count). The predicted molar refractivity (Wildman–Crippen MR) is 59.3 cm³/mol. The summed E-state index contributed by atoms with van der Waals surface area (Å²) in [5.41, 5.74) is 0.200. The number of rotatable bonds is 5. The summed E-state index contributed by atoms with van der Waals surface area (Å²) in [6.45, 7) is 0. The highest BCUT2D eigenvalue weighted by Crippen LogP contribution is 2.07. The highest BCUT2D eigenvalue weighted by atomic mass is 32.2. The minimum atomic E-state index is -3.75. The van der Waals surface area contributed by atoms with E-state index < -0.39 is 34.5 Å². The van der Waals surface area contributed by atoms with E-state index in [1.54, 1.807) is 18.2 Å². The number of carbonyl (C=O) groups is 1. The molecule has 5 nitrogen and oxygen atoms in total. The standard InChI is InChI=1S/C10H12FNO4S/c11-9(6-7-17(12,14)15)16-10(13)8-4-2-1-3-5-8/h1-5,9H,6-7H2,(H2,12,14,15). The second-order valence-electron chi connectivity index (χ2n) is 3.34. The van der Waals surface area contributed by atoms with Crippen LogP contribution in [-0.4, -0.2) is 26.5 Å². The van der Waals surface area contributed by atoms with Crippen molar-refractivity contribution >= 4 is 16.0 Å². The first-order chi connectivity index (χ1) is 7.88. The van der Waals surface area contributed by atoms with E-state index in [0.717, 1.165) is 0 Å². The SMILES string of the molecule is NS(=O)(=O)CCC(F)OC(=O)c1ccccc1. The van der Waals surface area contributed by atoms with Gasteiger partial charge in [-0.25, -0.2) is 22.7 Å². The molecule has 0 aliphatic carbocycles. The topological polar surface area (TPSA) is 86.5 Å². The van der Waals surface area contributed by atoms with Crippen LogP contribution in [0.1, 0.15) is 16.8 Å². The third-order valence-corrected chi connectivity index (χ3v) is 2.68. The smallest absolute Gasteiger partial charge is 0.340 e. The maximum Gasteiger partial charge on any atom is 0.340 e. The molecule has 0 radical (unpaired) electrons. The number of primary sulfonamides is 1. The number of hydrogen-bond acceptors (Lipinski definition) is 4. The van der Waals surface area contributed by atoms with Crippen LogP contribution in [0.15, 0.2) is 30.3 Å². The molecule has 0 fully saturated rings. The van der Waals surface area contributed by atoms with Crippen LogP contribution in [0.4, 0.5) is 4.39 Å². The second kappa shape index (κ2) is 5.74. The lowest BCUT2D eigenvalue weighted by molar-refractivity contribution is -0.0159. The summed E-state index contributed by atoms with van der Waals surface area (Å²) in [4.78, 5) is 11.3. The zero-order valence-electron chi connectivity index (χ0n) is 8.87. The summed E-state index contributed by atoms with van der Waals surface area (Å²) in [5, 5.41) is 4.69. The Morgan fingerprint density at radius 2 is 1.94 bits per heavy atom. The average molecular weight is 261 g/mol. The molecule has 0 aliphatic rings. The molecule has 0 aromatic heterocycles. The van der Waals surface area contributed by atoms with E-state index >= 15 is 0 Å². The number of alkyl halides is 1.